The maximum Gasteiger partial charge on any atom is 0.224 e. The molecule has 1 unspecified atom stereocenters. The Morgan fingerprint density at radius 3 is 2.67 bits per heavy atom. The van der Waals surface area contributed by atoms with Gasteiger partial charge in [0, 0.05) is 25.0 Å². The number of amides is 1. The summed E-state index contributed by atoms with van der Waals surface area (Å²) in [4.78, 5) is 13.9. The highest BCUT2D eigenvalue weighted by Crippen LogP contribution is 2.12. The smallest absolute Gasteiger partial charge is 0.224 e. The summed E-state index contributed by atoms with van der Waals surface area (Å²) in [5.41, 5.74) is 0. The first kappa shape index (κ1) is 12.5. The minimum Gasteiger partial charge on any atom is -0.341 e. The number of carbonyl (C=O) groups excluding carboxylic acids is 1. The van der Waals surface area contributed by atoms with Crippen molar-refractivity contribution in [1.82, 2.24) is 10.2 Å². The van der Waals surface area contributed by atoms with Crippen LogP contribution < -0.4 is 5.32 Å². The minimum absolute atomic E-state index is 0.298. The van der Waals surface area contributed by atoms with E-state index < -0.39 is 0 Å². The Balaban J connectivity index is 2.38. The molecule has 88 valence electrons. The highest BCUT2D eigenvalue weighted by molar-refractivity contribution is 5.77. The number of carbonyl (C=O) groups is 1. The van der Waals surface area contributed by atoms with Crippen LogP contribution in [0.3, 0.4) is 0 Å². The van der Waals surface area contributed by atoms with Crippen LogP contribution in [0.1, 0.15) is 46.5 Å². The molecule has 15 heavy (non-hydrogen) atoms. The van der Waals surface area contributed by atoms with Crippen LogP contribution >= 0.6 is 0 Å². The lowest BCUT2D eigenvalue weighted by molar-refractivity contribution is -0.133. The van der Waals surface area contributed by atoms with Crippen molar-refractivity contribution in [3.63, 3.8) is 0 Å². The molecule has 1 fully saturated rings. The van der Waals surface area contributed by atoms with Crippen LogP contribution in [0, 0.1) is 0 Å². The summed E-state index contributed by atoms with van der Waals surface area (Å²) in [6.07, 6.45) is 4.35. The zero-order valence-corrected chi connectivity index (χ0v) is 10.3. The summed E-state index contributed by atoms with van der Waals surface area (Å²) in [5, 5.41) is 3.42. The van der Waals surface area contributed by atoms with Crippen LogP contribution in [0.25, 0.3) is 0 Å². The molecule has 1 aliphatic heterocycles. The Bertz CT molecular complexity index is 198. The zero-order valence-electron chi connectivity index (χ0n) is 10.3. The second-order valence-corrected chi connectivity index (χ2v) is 4.62. The van der Waals surface area contributed by atoms with Crippen LogP contribution in [0.4, 0.5) is 0 Å². The van der Waals surface area contributed by atoms with Crippen LogP contribution in [0.2, 0.25) is 0 Å². The van der Waals surface area contributed by atoms with Crippen molar-refractivity contribution in [3.8, 4) is 0 Å². The van der Waals surface area contributed by atoms with E-state index in [4.69, 9.17) is 0 Å². The second-order valence-electron chi connectivity index (χ2n) is 4.62. The van der Waals surface area contributed by atoms with E-state index in [1.807, 2.05) is 11.8 Å². The average Bonchev–Trinajstić information content (AvgIpc) is 2.19. The molecule has 1 aliphatic rings. The summed E-state index contributed by atoms with van der Waals surface area (Å²) in [6.45, 7) is 8.10. The zero-order chi connectivity index (χ0) is 11.3. The molecule has 1 heterocycles. The lowest BCUT2D eigenvalue weighted by Gasteiger charge is -2.29. The molecule has 0 aromatic carbocycles. The Kier molecular flexibility index (Phi) is 5.09. The molecule has 1 amide bonds. The first-order chi connectivity index (χ1) is 7.15. The predicted octanol–water partition coefficient (Wildman–Crippen LogP) is 1.78. The lowest BCUT2D eigenvalue weighted by Crippen LogP contribution is -2.42. The first-order valence-corrected chi connectivity index (χ1v) is 6.18. The molecule has 0 bridgehead atoms. The fourth-order valence-corrected chi connectivity index (χ4v) is 2.26. The quantitative estimate of drug-likeness (QED) is 0.770. The normalized spacial score (nSPS) is 21.7. The molecule has 3 nitrogen and oxygen atoms in total. The molecule has 0 saturated carbocycles. The molecule has 1 N–H and O–H groups in total. The van der Waals surface area contributed by atoms with Crippen molar-refractivity contribution in [3.05, 3.63) is 0 Å². The third kappa shape index (κ3) is 3.82. The summed E-state index contributed by atoms with van der Waals surface area (Å²) in [6, 6.07) is 0.741. The van der Waals surface area contributed by atoms with Gasteiger partial charge in [-0.15, -0.1) is 0 Å². The third-order valence-corrected chi connectivity index (χ3v) is 3.12. The number of hydrogen-bond acceptors (Lipinski definition) is 2. The molecule has 0 spiro atoms. The van der Waals surface area contributed by atoms with Gasteiger partial charge in [0.25, 0.3) is 0 Å². The van der Waals surface area contributed by atoms with Crippen molar-refractivity contribution in [2.24, 2.45) is 0 Å². The summed E-state index contributed by atoms with van der Waals surface area (Å²) >= 11 is 0. The highest BCUT2D eigenvalue weighted by Gasteiger charge is 2.21. The van der Waals surface area contributed by atoms with Gasteiger partial charge >= 0.3 is 0 Å². The number of nitrogens with one attached hydrogen (secondary N) is 1. The van der Waals surface area contributed by atoms with Gasteiger partial charge in [-0.2, -0.15) is 0 Å². The van der Waals surface area contributed by atoms with Gasteiger partial charge < -0.3 is 10.2 Å². The maximum absolute atomic E-state index is 12.0. The number of nitrogens with zero attached hydrogens (tertiary/aromatic N) is 1. The van der Waals surface area contributed by atoms with Crippen molar-refractivity contribution >= 4 is 5.91 Å². The Morgan fingerprint density at radius 2 is 2.20 bits per heavy atom. The molecular formula is C12H24N2O. The van der Waals surface area contributed by atoms with E-state index in [1.165, 1.54) is 12.8 Å². The van der Waals surface area contributed by atoms with E-state index in [0.29, 0.717) is 24.4 Å². The van der Waals surface area contributed by atoms with Gasteiger partial charge in [-0.05, 0) is 40.2 Å². The van der Waals surface area contributed by atoms with E-state index in [9.17, 15) is 4.79 Å². The number of rotatable bonds is 4. The largest absolute Gasteiger partial charge is 0.341 e. The summed E-state index contributed by atoms with van der Waals surface area (Å²) in [7, 11) is 0. The van der Waals surface area contributed by atoms with E-state index in [1.54, 1.807) is 0 Å². The molecule has 0 radical (unpaired) electrons. The molecule has 1 saturated heterocycles. The van der Waals surface area contributed by atoms with Crippen molar-refractivity contribution in [1.29, 1.82) is 0 Å². The SMILES string of the molecule is CCN(C(=O)CC1CCCCN1)C(C)C. The molecular weight excluding hydrogens is 188 g/mol. The van der Waals surface area contributed by atoms with Crippen LogP contribution in [0.5, 0.6) is 0 Å². The second kappa shape index (κ2) is 6.11. The predicted molar refractivity (Wildman–Crippen MR) is 62.8 cm³/mol. The maximum atomic E-state index is 12.0. The van der Waals surface area contributed by atoms with Gasteiger partial charge in [-0.25, -0.2) is 0 Å². The lowest BCUT2D eigenvalue weighted by atomic mass is 10.0. The number of hydrogen-bond donors (Lipinski definition) is 1. The van der Waals surface area contributed by atoms with Gasteiger partial charge in [0.2, 0.25) is 5.91 Å². The molecule has 1 atom stereocenters. The van der Waals surface area contributed by atoms with Gasteiger partial charge in [-0.1, -0.05) is 6.42 Å². The molecule has 0 aromatic heterocycles. The third-order valence-electron chi connectivity index (χ3n) is 3.12. The monoisotopic (exact) mass is 212 g/mol. The van der Waals surface area contributed by atoms with Crippen LogP contribution in [-0.2, 0) is 4.79 Å². The highest BCUT2D eigenvalue weighted by atomic mass is 16.2. The van der Waals surface area contributed by atoms with Gasteiger partial charge in [-0.3, -0.25) is 4.79 Å². The number of piperidine rings is 1. The Hall–Kier alpha value is -0.570. The summed E-state index contributed by atoms with van der Waals surface area (Å²) < 4.78 is 0. The van der Waals surface area contributed by atoms with E-state index in [0.717, 1.165) is 19.5 Å². The standard InChI is InChI=1S/C12H24N2O/c1-4-14(10(2)3)12(15)9-11-7-5-6-8-13-11/h10-11,13H,4-9H2,1-3H3. The van der Waals surface area contributed by atoms with Crippen LogP contribution in [0.15, 0.2) is 0 Å². The van der Waals surface area contributed by atoms with Crippen LogP contribution in [-0.4, -0.2) is 36.0 Å². The first-order valence-electron chi connectivity index (χ1n) is 6.18. The van der Waals surface area contributed by atoms with E-state index in [-0.39, 0.29) is 0 Å². The Morgan fingerprint density at radius 1 is 1.47 bits per heavy atom. The van der Waals surface area contributed by atoms with Gasteiger partial charge in [0.05, 0.1) is 0 Å². The van der Waals surface area contributed by atoms with Crippen molar-refractivity contribution in [2.75, 3.05) is 13.1 Å². The van der Waals surface area contributed by atoms with E-state index >= 15 is 0 Å². The Labute approximate surface area is 93.2 Å². The van der Waals surface area contributed by atoms with Gasteiger partial charge in [0.15, 0.2) is 0 Å². The van der Waals surface area contributed by atoms with Crippen molar-refractivity contribution in [2.45, 2.75) is 58.5 Å². The average molecular weight is 212 g/mol. The summed E-state index contributed by atoms with van der Waals surface area (Å²) in [5.74, 6) is 0.298. The topological polar surface area (TPSA) is 32.3 Å². The fraction of sp³-hybridized carbons (Fsp3) is 0.917. The van der Waals surface area contributed by atoms with E-state index in [2.05, 4.69) is 19.2 Å². The fourth-order valence-electron chi connectivity index (χ4n) is 2.26. The van der Waals surface area contributed by atoms with Crippen molar-refractivity contribution < 1.29 is 4.79 Å². The molecule has 3 heteroatoms. The molecule has 0 aliphatic carbocycles. The minimum atomic E-state index is 0.298. The molecule has 0 aromatic rings. The molecule has 1 rings (SSSR count). The van der Waals surface area contributed by atoms with Gasteiger partial charge in [0.1, 0.15) is 0 Å².